The largest absolute Gasteiger partial charge is 0.457 e. The number of rotatable bonds is 9. The summed E-state index contributed by atoms with van der Waals surface area (Å²) in [7, 11) is 0. The van der Waals surface area contributed by atoms with Crippen molar-refractivity contribution in [2.24, 2.45) is 0 Å². The number of fused-ring (bicyclic) bond motifs is 1. The molecule has 4 N–H and O–H groups in total. The highest BCUT2D eigenvalue weighted by Crippen LogP contribution is 2.36. The van der Waals surface area contributed by atoms with Crippen molar-refractivity contribution in [1.29, 1.82) is 0 Å². The van der Waals surface area contributed by atoms with E-state index in [9.17, 15) is 9.59 Å². The molecule has 0 unspecified atom stereocenters. The van der Waals surface area contributed by atoms with Gasteiger partial charge in [-0.25, -0.2) is 4.98 Å². The first kappa shape index (κ1) is 28.2. The molecule has 4 aromatic carbocycles. The first-order valence-corrected chi connectivity index (χ1v) is 13.9. The number of benzene rings is 4. The fourth-order valence-electron chi connectivity index (χ4n) is 4.52. The molecule has 216 valence electrons. The van der Waals surface area contributed by atoms with E-state index in [0.717, 1.165) is 16.9 Å². The third-order valence-corrected chi connectivity index (χ3v) is 6.85. The summed E-state index contributed by atoms with van der Waals surface area (Å²) in [5.41, 5.74) is 4.54. The van der Waals surface area contributed by atoms with Crippen LogP contribution in [-0.2, 0) is 9.59 Å². The van der Waals surface area contributed by atoms with Gasteiger partial charge in [-0.3, -0.25) is 9.59 Å². The van der Waals surface area contributed by atoms with E-state index in [1.54, 1.807) is 18.2 Å². The lowest BCUT2D eigenvalue weighted by Gasteiger charge is -2.14. The molecule has 5 aromatic rings. The van der Waals surface area contributed by atoms with Crippen molar-refractivity contribution in [3.05, 3.63) is 132 Å². The van der Waals surface area contributed by atoms with Crippen LogP contribution >= 0.6 is 11.6 Å². The Hall–Kier alpha value is -5.93. The minimum atomic E-state index is -0.346. The first-order valence-electron chi connectivity index (χ1n) is 13.5. The van der Waals surface area contributed by atoms with E-state index < -0.39 is 0 Å². The van der Waals surface area contributed by atoms with Gasteiger partial charge in [0.2, 0.25) is 11.9 Å². The third-order valence-electron chi connectivity index (χ3n) is 6.57. The quantitative estimate of drug-likeness (QED) is 0.127. The number of amides is 2. The van der Waals surface area contributed by atoms with Gasteiger partial charge in [-0.15, -0.1) is 0 Å². The minimum absolute atomic E-state index is 0.206. The van der Waals surface area contributed by atoms with E-state index in [2.05, 4.69) is 37.8 Å². The molecule has 2 amide bonds. The van der Waals surface area contributed by atoms with Crippen LogP contribution in [0.1, 0.15) is 11.1 Å². The van der Waals surface area contributed by atoms with Gasteiger partial charge in [-0.05, 0) is 72.3 Å². The van der Waals surface area contributed by atoms with E-state index in [0.29, 0.717) is 39.9 Å². The molecule has 9 nitrogen and oxygen atoms in total. The monoisotopic (exact) mass is 600 g/mol. The predicted octanol–water partition coefficient (Wildman–Crippen LogP) is 8.03. The number of carbonyl (C=O) groups excluding carboxylic acids is 2. The smallest absolute Gasteiger partial charge is 0.256 e. The molecule has 0 bridgehead atoms. The van der Waals surface area contributed by atoms with Gasteiger partial charge in [0.05, 0.1) is 17.6 Å². The van der Waals surface area contributed by atoms with Crippen LogP contribution in [0, 0.1) is 0 Å². The second-order valence-corrected chi connectivity index (χ2v) is 10.0. The molecule has 1 aliphatic rings. The molecule has 0 atom stereocenters. The van der Waals surface area contributed by atoms with Crippen LogP contribution in [0.5, 0.6) is 11.5 Å². The second-order valence-electron chi connectivity index (χ2n) is 9.64. The summed E-state index contributed by atoms with van der Waals surface area (Å²) >= 11 is 6.40. The number of halogens is 1. The van der Waals surface area contributed by atoms with Crippen molar-refractivity contribution in [2.45, 2.75) is 0 Å². The summed E-state index contributed by atoms with van der Waals surface area (Å²) < 4.78 is 5.96. The maximum Gasteiger partial charge on any atom is 0.256 e. The number of ether oxygens (including phenoxy) is 1. The van der Waals surface area contributed by atoms with Gasteiger partial charge < -0.3 is 26.0 Å². The number of hydrogen-bond acceptors (Lipinski definition) is 7. The number of para-hydroxylation sites is 3. The van der Waals surface area contributed by atoms with Crippen LogP contribution in [0.2, 0.25) is 5.02 Å². The maximum absolute atomic E-state index is 12.9. The Kier molecular flexibility index (Phi) is 8.02. The normalized spacial score (nSPS) is 12.7. The van der Waals surface area contributed by atoms with Gasteiger partial charge in [-0.2, -0.15) is 4.98 Å². The summed E-state index contributed by atoms with van der Waals surface area (Å²) in [6.45, 7) is 3.49. The number of carbonyl (C=O) groups is 2. The lowest BCUT2D eigenvalue weighted by atomic mass is 10.0. The van der Waals surface area contributed by atoms with Gasteiger partial charge in [0, 0.05) is 22.5 Å². The van der Waals surface area contributed by atoms with Crippen LogP contribution in [0.25, 0.3) is 11.6 Å². The molecule has 0 radical (unpaired) electrons. The molecule has 44 heavy (non-hydrogen) atoms. The number of anilines is 6. The predicted molar refractivity (Wildman–Crippen MR) is 175 cm³/mol. The van der Waals surface area contributed by atoms with E-state index in [-0.39, 0.29) is 22.8 Å². The van der Waals surface area contributed by atoms with Gasteiger partial charge in [-0.1, -0.05) is 60.6 Å². The van der Waals surface area contributed by atoms with Gasteiger partial charge in [0.25, 0.3) is 5.91 Å². The summed E-state index contributed by atoms with van der Waals surface area (Å²) in [5.74, 6) is 1.45. The number of nitrogens with zero attached hydrogens (tertiary/aromatic N) is 2. The Bertz CT molecular complexity index is 1930. The van der Waals surface area contributed by atoms with E-state index in [1.165, 1.54) is 12.3 Å². The van der Waals surface area contributed by atoms with Crippen LogP contribution in [0.3, 0.4) is 0 Å². The molecule has 0 fully saturated rings. The molecule has 0 saturated heterocycles. The molecular formula is C34H25ClN6O3. The second kappa shape index (κ2) is 12.5. The van der Waals surface area contributed by atoms with Crippen molar-refractivity contribution < 1.29 is 14.3 Å². The Balaban J connectivity index is 1.23. The van der Waals surface area contributed by atoms with E-state index in [1.807, 2.05) is 84.9 Å². The Morgan fingerprint density at radius 3 is 2.48 bits per heavy atom. The minimum Gasteiger partial charge on any atom is -0.457 e. The average Bonchev–Trinajstić information content (AvgIpc) is 3.34. The van der Waals surface area contributed by atoms with Gasteiger partial charge in [0.15, 0.2) is 5.82 Å². The molecule has 0 saturated carbocycles. The Morgan fingerprint density at radius 1 is 0.886 bits per heavy atom. The zero-order valence-corrected chi connectivity index (χ0v) is 23.9. The first-order chi connectivity index (χ1) is 21.4. The fourth-order valence-corrected chi connectivity index (χ4v) is 4.66. The fraction of sp³-hybridized carbons (Fsp3) is 0. The van der Waals surface area contributed by atoms with E-state index in [4.69, 9.17) is 16.3 Å². The van der Waals surface area contributed by atoms with Gasteiger partial charge in [0.1, 0.15) is 16.5 Å². The molecule has 0 spiro atoms. The highest BCUT2D eigenvalue weighted by atomic mass is 35.5. The number of aromatic nitrogens is 2. The molecular weight excluding hydrogens is 576 g/mol. The van der Waals surface area contributed by atoms with E-state index >= 15 is 0 Å². The van der Waals surface area contributed by atoms with Crippen molar-refractivity contribution in [2.75, 3.05) is 21.3 Å². The topological polar surface area (TPSA) is 117 Å². The maximum atomic E-state index is 12.9. The highest BCUT2D eigenvalue weighted by Gasteiger charge is 2.24. The molecule has 0 aliphatic carbocycles. The lowest BCUT2D eigenvalue weighted by molar-refractivity contribution is -0.112. The molecule has 2 heterocycles. The summed E-state index contributed by atoms with van der Waals surface area (Å²) in [5, 5.41) is 12.3. The third kappa shape index (κ3) is 6.43. The summed E-state index contributed by atoms with van der Waals surface area (Å²) in [6.07, 6.45) is 4.49. The average molecular weight is 601 g/mol. The van der Waals surface area contributed by atoms with Gasteiger partial charge >= 0.3 is 0 Å². The SMILES string of the molecule is C=CC(=O)Nc1ccccc1Nc1nc(Nc2ccc3c(c2)C(=Cc2cccc(Oc4ccccc4)c2)C(=O)N3)ncc1Cl. The lowest BCUT2D eigenvalue weighted by Crippen LogP contribution is -2.09. The molecule has 6 rings (SSSR count). The van der Waals surface area contributed by atoms with Crippen molar-refractivity contribution >= 4 is 69.6 Å². The Morgan fingerprint density at radius 2 is 1.66 bits per heavy atom. The molecule has 1 aliphatic heterocycles. The van der Waals surface area contributed by atoms with Crippen LogP contribution in [0.4, 0.5) is 34.5 Å². The number of nitrogens with one attached hydrogen (secondary N) is 4. The Labute approximate surface area is 258 Å². The zero-order valence-electron chi connectivity index (χ0n) is 23.2. The van der Waals surface area contributed by atoms with Crippen LogP contribution in [-0.4, -0.2) is 21.8 Å². The summed E-state index contributed by atoms with van der Waals surface area (Å²) in [6, 6.07) is 29.7. The standard InChI is InChI=1S/C34H25ClN6O3/c1-2-31(42)38-29-13-6-7-14-30(29)39-32-27(35)20-36-34(41-32)37-22-15-16-28-25(19-22)26(33(43)40-28)18-21-9-8-12-24(17-21)44-23-10-4-3-5-11-23/h2-20H,1H2,(H,38,42)(H,40,43)(H2,36,37,39,41). The molecule has 10 heteroatoms. The molecule has 1 aromatic heterocycles. The van der Waals surface area contributed by atoms with Crippen molar-refractivity contribution in [3.63, 3.8) is 0 Å². The zero-order chi connectivity index (χ0) is 30.5. The van der Waals surface area contributed by atoms with Crippen molar-refractivity contribution in [3.8, 4) is 11.5 Å². The summed E-state index contributed by atoms with van der Waals surface area (Å²) in [4.78, 5) is 33.6. The van der Waals surface area contributed by atoms with Crippen LogP contribution < -0.4 is 26.0 Å². The van der Waals surface area contributed by atoms with Crippen LogP contribution in [0.15, 0.2) is 116 Å². The van der Waals surface area contributed by atoms with Crippen molar-refractivity contribution in [1.82, 2.24) is 9.97 Å². The number of hydrogen-bond donors (Lipinski definition) is 4. The highest BCUT2D eigenvalue weighted by molar-refractivity contribution is 6.35.